The Morgan fingerprint density at radius 1 is 1.31 bits per heavy atom. The van der Waals surface area contributed by atoms with Gasteiger partial charge in [-0.05, 0) is 19.1 Å². The van der Waals surface area contributed by atoms with Crippen LogP contribution in [0.2, 0.25) is 5.02 Å². The molecule has 1 aromatic rings. The highest BCUT2D eigenvalue weighted by molar-refractivity contribution is 6.32. The Morgan fingerprint density at radius 2 is 1.92 bits per heavy atom. The maximum atomic E-state index is 8.76. The molecule has 1 atom stereocenters. The summed E-state index contributed by atoms with van der Waals surface area (Å²) >= 11 is 5.78. The van der Waals surface area contributed by atoms with Crippen LogP contribution in [0.4, 0.5) is 0 Å². The maximum absolute atomic E-state index is 8.76. The van der Waals surface area contributed by atoms with Crippen LogP contribution in [0.1, 0.15) is 6.92 Å². The first-order valence-electron chi connectivity index (χ1n) is 3.88. The number of aliphatic hydroxyl groups excluding tert-OH is 1. The lowest BCUT2D eigenvalue weighted by Crippen LogP contribution is -2.28. The number of rotatable bonds is 3. The molecule has 13 heavy (non-hydrogen) atoms. The molecule has 0 aliphatic rings. The van der Waals surface area contributed by atoms with E-state index < -0.39 is 12.4 Å². The Labute approximate surface area is 81.5 Å². The van der Waals surface area contributed by atoms with Gasteiger partial charge in [-0.15, -0.1) is 0 Å². The molecule has 0 aliphatic carbocycles. The van der Waals surface area contributed by atoms with Crippen LogP contribution in [0.25, 0.3) is 0 Å². The molecule has 0 aliphatic heterocycles. The molecule has 0 spiro atoms. The molecule has 0 saturated heterocycles. The van der Waals surface area contributed by atoms with Crippen molar-refractivity contribution in [3.8, 4) is 5.75 Å². The van der Waals surface area contributed by atoms with Gasteiger partial charge in [-0.2, -0.15) is 0 Å². The highest BCUT2D eigenvalue weighted by Gasteiger charge is 2.13. The fraction of sp³-hybridized carbons (Fsp3) is 0.333. The molecule has 4 heteroatoms. The molecule has 1 unspecified atom stereocenters. The second-order valence-corrected chi connectivity index (χ2v) is 3.07. The molecular weight excluding hydrogens is 192 g/mol. The molecule has 72 valence electrons. The Kier molecular flexibility index (Phi) is 3.54. The first-order chi connectivity index (χ1) is 6.11. The third-order valence-electron chi connectivity index (χ3n) is 1.57. The molecule has 2 N–H and O–H groups in total. The molecule has 1 rings (SSSR count). The predicted octanol–water partition coefficient (Wildman–Crippen LogP) is 1.42. The largest absolute Gasteiger partial charge is 0.484 e. The van der Waals surface area contributed by atoms with E-state index in [1.54, 1.807) is 31.2 Å². The minimum absolute atomic E-state index is 0.449. The minimum atomic E-state index is -1.50. The number of aliphatic hydroxyl groups is 2. The van der Waals surface area contributed by atoms with Gasteiger partial charge in [-0.3, -0.25) is 0 Å². The van der Waals surface area contributed by atoms with Gasteiger partial charge >= 0.3 is 0 Å². The van der Waals surface area contributed by atoms with E-state index in [-0.39, 0.29) is 0 Å². The van der Waals surface area contributed by atoms with Gasteiger partial charge in [0.2, 0.25) is 0 Å². The van der Waals surface area contributed by atoms with Gasteiger partial charge in [0.1, 0.15) is 11.9 Å². The average Bonchev–Trinajstić information content (AvgIpc) is 2.08. The molecule has 0 saturated carbocycles. The summed E-state index contributed by atoms with van der Waals surface area (Å²) in [6, 6.07) is 6.88. The predicted molar refractivity (Wildman–Crippen MR) is 49.8 cm³/mol. The quantitative estimate of drug-likeness (QED) is 0.729. The number of ether oxygens (including phenoxy) is 1. The molecule has 1 aromatic carbocycles. The average molecular weight is 203 g/mol. The van der Waals surface area contributed by atoms with Crippen LogP contribution in [-0.4, -0.2) is 22.6 Å². The van der Waals surface area contributed by atoms with Crippen LogP contribution in [0.3, 0.4) is 0 Å². The topological polar surface area (TPSA) is 49.7 Å². The van der Waals surface area contributed by atoms with E-state index in [0.717, 1.165) is 0 Å². The van der Waals surface area contributed by atoms with Crippen LogP contribution >= 0.6 is 11.6 Å². The highest BCUT2D eigenvalue weighted by atomic mass is 35.5. The second-order valence-electron chi connectivity index (χ2n) is 2.67. The molecule has 0 heterocycles. The fourth-order valence-corrected chi connectivity index (χ4v) is 0.982. The summed E-state index contributed by atoms with van der Waals surface area (Å²) in [4.78, 5) is 0. The number of para-hydroxylation sites is 1. The molecule has 0 radical (unpaired) electrons. The summed E-state index contributed by atoms with van der Waals surface area (Å²) in [5.41, 5.74) is 0. The summed E-state index contributed by atoms with van der Waals surface area (Å²) in [6.45, 7) is 1.55. The highest BCUT2D eigenvalue weighted by Crippen LogP contribution is 2.24. The smallest absolute Gasteiger partial charge is 0.189 e. The van der Waals surface area contributed by atoms with Crippen LogP contribution in [0.15, 0.2) is 24.3 Å². The first-order valence-corrected chi connectivity index (χ1v) is 4.26. The van der Waals surface area contributed by atoms with Crippen LogP contribution < -0.4 is 4.74 Å². The summed E-state index contributed by atoms with van der Waals surface area (Å²) in [5.74, 6) is 0.449. The Balaban J connectivity index is 2.69. The van der Waals surface area contributed by atoms with E-state index >= 15 is 0 Å². The monoisotopic (exact) mass is 202 g/mol. The number of benzene rings is 1. The second kappa shape index (κ2) is 4.46. The standard InChI is InChI=1S/C9H11ClO3/c1-6(9(11)12)13-8-5-3-2-4-7(8)10/h2-6,9,11-12H,1H3. The Bertz CT molecular complexity index is 275. The molecule has 0 amide bonds. The van der Waals surface area contributed by atoms with Crippen LogP contribution in [-0.2, 0) is 0 Å². The maximum Gasteiger partial charge on any atom is 0.189 e. The van der Waals surface area contributed by atoms with Gasteiger partial charge < -0.3 is 14.9 Å². The summed E-state index contributed by atoms with van der Waals surface area (Å²) in [5, 5.41) is 18.0. The van der Waals surface area contributed by atoms with E-state index in [1.807, 2.05) is 0 Å². The van der Waals surface area contributed by atoms with Gasteiger partial charge in [0, 0.05) is 0 Å². The number of hydrogen-bond acceptors (Lipinski definition) is 3. The van der Waals surface area contributed by atoms with Crippen LogP contribution in [0.5, 0.6) is 5.75 Å². The lowest BCUT2D eigenvalue weighted by Gasteiger charge is -2.16. The molecule has 0 fully saturated rings. The normalized spacial score (nSPS) is 13.0. The van der Waals surface area contributed by atoms with Crippen molar-refractivity contribution in [1.29, 1.82) is 0 Å². The van der Waals surface area contributed by atoms with E-state index in [0.29, 0.717) is 10.8 Å². The van der Waals surface area contributed by atoms with E-state index in [4.69, 9.17) is 26.6 Å². The summed E-state index contributed by atoms with van der Waals surface area (Å²) in [7, 11) is 0. The number of halogens is 1. The minimum Gasteiger partial charge on any atom is -0.484 e. The lowest BCUT2D eigenvalue weighted by atomic mass is 10.3. The van der Waals surface area contributed by atoms with Crippen molar-refractivity contribution in [3.63, 3.8) is 0 Å². The summed E-state index contributed by atoms with van der Waals surface area (Å²) in [6.07, 6.45) is -2.20. The first kappa shape index (κ1) is 10.3. The van der Waals surface area contributed by atoms with Gasteiger partial charge in [0.15, 0.2) is 6.29 Å². The van der Waals surface area contributed by atoms with Crippen molar-refractivity contribution in [3.05, 3.63) is 29.3 Å². The molecule has 0 aromatic heterocycles. The third kappa shape index (κ3) is 2.88. The van der Waals surface area contributed by atoms with Crippen LogP contribution in [0, 0.1) is 0 Å². The lowest BCUT2D eigenvalue weighted by molar-refractivity contribution is -0.105. The van der Waals surface area contributed by atoms with Crippen molar-refractivity contribution in [2.75, 3.05) is 0 Å². The molecule has 0 bridgehead atoms. The number of hydrogen-bond donors (Lipinski definition) is 2. The SMILES string of the molecule is CC(Oc1ccccc1Cl)C(O)O. The zero-order valence-corrected chi connectivity index (χ0v) is 7.90. The van der Waals surface area contributed by atoms with Gasteiger partial charge in [-0.25, -0.2) is 0 Å². The van der Waals surface area contributed by atoms with E-state index in [9.17, 15) is 0 Å². The zero-order chi connectivity index (χ0) is 9.84. The van der Waals surface area contributed by atoms with E-state index in [1.165, 1.54) is 0 Å². The zero-order valence-electron chi connectivity index (χ0n) is 7.14. The van der Waals surface area contributed by atoms with Crippen molar-refractivity contribution >= 4 is 11.6 Å². The van der Waals surface area contributed by atoms with Gasteiger partial charge in [0.25, 0.3) is 0 Å². The molecule has 3 nitrogen and oxygen atoms in total. The Morgan fingerprint density at radius 3 is 2.46 bits per heavy atom. The van der Waals surface area contributed by atoms with Crippen molar-refractivity contribution in [1.82, 2.24) is 0 Å². The van der Waals surface area contributed by atoms with Crippen molar-refractivity contribution in [2.24, 2.45) is 0 Å². The van der Waals surface area contributed by atoms with Crippen molar-refractivity contribution < 1.29 is 14.9 Å². The van der Waals surface area contributed by atoms with Gasteiger partial charge in [0.05, 0.1) is 5.02 Å². The van der Waals surface area contributed by atoms with E-state index in [2.05, 4.69) is 0 Å². The molecular formula is C9H11ClO3. The van der Waals surface area contributed by atoms with Gasteiger partial charge in [-0.1, -0.05) is 23.7 Å². The fourth-order valence-electron chi connectivity index (χ4n) is 0.801. The Hall–Kier alpha value is -0.770. The third-order valence-corrected chi connectivity index (χ3v) is 1.88. The summed E-state index contributed by atoms with van der Waals surface area (Å²) < 4.78 is 5.17. The van der Waals surface area contributed by atoms with Crippen molar-refractivity contribution in [2.45, 2.75) is 19.3 Å².